The first-order chi connectivity index (χ1) is 12.3. The van der Waals surface area contributed by atoms with Gasteiger partial charge >= 0.3 is 0 Å². The maximum atomic E-state index is 12.5. The second-order valence-electron chi connectivity index (χ2n) is 6.91. The molecule has 1 N–H and O–H groups in total. The normalized spacial score (nSPS) is 24.2. The topological polar surface area (TPSA) is 32.3 Å². The fourth-order valence-electron chi connectivity index (χ4n) is 3.75. The Hall–Kier alpha value is -2.57. The van der Waals surface area contributed by atoms with E-state index in [1.54, 1.807) is 0 Å². The van der Waals surface area contributed by atoms with Gasteiger partial charge in [-0.05, 0) is 68.2 Å². The van der Waals surface area contributed by atoms with Gasteiger partial charge in [0.25, 0.3) is 5.91 Å². The van der Waals surface area contributed by atoms with E-state index in [1.807, 2.05) is 54.6 Å². The number of benzene rings is 2. The van der Waals surface area contributed by atoms with Crippen molar-refractivity contribution >= 4 is 5.91 Å². The molecule has 2 aromatic carbocycles. The minimum absolute atomic E-state index is 0.0290. The number of carbonyl (C=O) groups is 1. The van der Waals surface area contributed by atoms with Crippen molar-refractivity contribution in [2.75, 3.05) is 19.6 Å². The minimum atomic E-state index is 0.0290. The highest BCUT2D eigenvalue weighted by Gasteiger charge is 2.34. The lowest BCUT2D eigenvalue weighted by atomic mass is 9.84. The summed E-state index contributed by atoms with van der Waals surface area (Å²) < 4.78 is 0. The molecule has 0 spiro atoms. The van der Waals surface area contributed by atoms with E-state index in [4.69, 9.17) is 0 Å². The first kappa shape index (κ1) is 15.9. The molecule has 3 fully saturated rings. The summed E-state index contributed by atoms with van der Waals surface area (Å²) in [7, 11) is 0. The van der Waals surface area contributed by atoms with Crippen LogP contribution in [-0.2, 0) is 0 Å². The molecule has 1 unspecified atom stereocenters. The first-order valence-electron chi connectivity index (χ1n) is 8.98. The summed E-state index contributed by atoms with van der Waals surface area (Å²) >= 11 is 0. The Morgan fingerprint density at radius 2 is 1.56 bits per heavy atom. The standard InChI is InChI=1S/C22H22N2O/c25-22(23-21-16-24-14-12-19(21)13-15-24)20-10-8-18(9-11-20)7-6-17-4-2-1-3-5-17/h1-5,8-11,19,21H,12-16H2,(H,23,25). The van der Waals surface area contributed by atoms with Crippen molar-refractivity contribution < 1.29 is 4.79 Å². The molecule has 126 valence electrons. The number of hydrogen-bond donors (Lipinski definition) is 1. The highest BCUT2D eigenvalue weighted by atomic mass is 16.1. The number of amides is 1. The largest absolute Gasteiger partial charge is 0.348 e. The molecule has 2 bridgehead atoms. The smallest absolute Gasteiger partial charge is 0.251 e. The average molecular weight is 330 g/mol. The van der Waals surface area contributed by atoms with Gasteiger partial charge in [-0.3, -0.25) is 4.79 Å². The quantitative estimate of drug-likeness (QED) is 0.859. The fourth-order valence-corrected chi connectivity index (χ4v) is 3.75. The van der Waals surface area contributed by atoms with Crippen molar-refractivity contribution in [3.05, 3.63) is 71.3 Å². The number of fused-ring (bicyclic) bond motifs is 3. The minimum Gasteiger partial charge on any atom is -0.348 e. The highest BCUT2D eigenvalue weighted by Crippen LogP contribution is 2.27. The van der Waals surface area contributed by atoms with Gasteiger partial charge < -0.3 is 10.2 Å². The van der Waals surface area contributed by atoms with Crippen LogP contribution in [0.3, 0.4) is 0 Å². The van der Waals surface area contributed by atoms with Gasteiger partial charge in [-0.1, -0.05) is 30.0 Å². The van der Waals surface area contributed by atoms with Gasteiger partial charge in [0, 0.05) is 29.3 Å². The zero-order chi connectivity index (χ0) is 17.1. The van der Waals surface area contributed by atoms with Crippen molar-refractivity contribution in [3.8, 4) is 11.8 Å². The predicted octanol–water partition coefficient (Wildman–Crippen LogP) is 2.91. The Bertz CT molecular complexity index is 793. The summed E-state index contributed by atoms with van der Waals surface area (Å²) in [6.45, 7) is 3.37. The van der Waals surface area contributed by atoms with Crippen LogP contribution in [-0.4, -0.2) is 36.5 Å². The van der Waals surface area contributed by atoms with Gasteiger partial charge in [-0.2, -0.15) is 0 Å². The van der Waals surface area contributed by atoms with Crippen LogP contribution in [0, 0.1) is 17.8 Å². The van der Waals surface area contributed by atoms with E-state index in [1.165, 1.54) is 25.9 Å². The lowest BCUT2D eigenvalue weighted by Crippen LogP contribution is -2.57. The van der Waals surface area contributed by atoms with E-state index in [0.29, 0.717) is 17.5 Å². The van der Waals surface area contributed by atoms with Crippen molar-refractivity contribution in [1.82, 2.24) is 10.2 Å². The third kappa shape index (κ3) is 3.75. The third-order valence-electron chi connectivity index (χ3n) is 5.24. The number of carbonyl (C=O) groups excluding carboxylic acids is 1. The lowest BCUT2D eigenvalue weighted by Gasteiger charge is -2.44. The number of piperidine rings is 3. The first-order valence-corrected chi connectivity index (χ1v) is 8.98. The van der Waals surface area contributed by atoms with E-state index in [0.717, 1.165) is 17.7 Å². The SMILES string of the molecule is O=C(NC1CN2CCC1CC2)c1ccc(C#Cc2ccccc2)cc1. The Morgan fingerprint density at radius 1 is 0.920 bits per heavy atom. The molecule has 3 aliphatic rings. The molecule has 0 saturated carbocycles. The molecular formula is C22H22N2O. The Morgan fingerprint density at radius 3 is 2.16 bits per heavy atom. The fraction of sp³-hybridized carbons (Fsp3) is 0.318. The van der Waals surface area contributed by atoms with Gasteiger partial charge in [-0.25, -0.2) is 0 Å². The third-order valence-corrected chi connectivity index (χ3v) is 5.24. The van der Waals surface area contributed by atoms with Crippen molar-refractivity contribution in [1.29, 1.82) is 0 Å². The average Bonchev–Trinajstić information content (AvgIpc) is 2.68. The van der Waals surface area contributed by atoms with Gasteiger partial charge in [0.2, 0.25) is 0 Å². The summed E-state index contributed by atoms with van der Waals surface area (Å²) in [4.78, 5) is 15.0. The summed E-state index contributed by atoms with van der Waals surface area (Å²) in [6.07, 6.45) is 2.41. The highest BCUT2D eigenvalue weighted by molar-refractivity contribution is 5.94. The van der Waals surface area contributed by atoms with Crippen LogP contribution in [0.2, 0.25) is 0 Å². The maximum Gasteiger partial charge on any atom is 0.251 e. The Kier molecular flexibility index (Phi) is 4.54. The number of nitrogens with zero attached hydrogens (tertiary/aromatic N) is 1. The zero-order valence-corrected chi connectivity index (χ0v) is 14.2. The number of nitrogens with one attached hydrogen (secondary N) is 1. The van der Waals surface area contributed by atoms with Crippen LogP contribution >= 0.6 is 0 Å². The van der Waals surface area contributed by atoms with E-state index < -0.39 is 0 Å². The monoisotopic (exact) mass is 330 g/mol. The molecule has 3 heterocycles. The molecule has 3 nitrogen and oxygen atoms in total. The molecule has 0 aliphatic carbocycles. The number of hydrogen-bond acceptors (Lipinski definition) is 2. The maximum absolute atomic E-state index is 12.5. The Labute approximate surface area is 149 Å². The second-order valence-corrected chi connectivity index (χ2v) is 6.91. The van der Waals surface area contributed by atoms with Gasteiger partial charge in [0.15, 0.2) is 0 Å². The van der Waals surface area contributed by atoms with E-state index in [-0.39, 0.29) is 5.91 Å². The molecule has 25 heavy (non-hydrogen) atoms. The van der Waals surface area contributed by atoms with Crippen LogP contribution in [0.1, 0.15) is 34.3 Å². The van der Waals surface area contributed by atoms with Crippen LogP contribution < -0.4 is 5.32 Å². The zero-order valence-electron chi connectivity index (χ0n) is 14.2. The molecule has 2 aromatic rings. The molecule has 3 aliphatic heterocycles. The summed E-state index contributed by atoms with van der Waals surface area (Å²) in [6, 6.07) is 17.8. The molecule has 0 aromatic heterocycles. The second kappa shape index (κ2) is 7.13. The van der Waals surface area contributed by atoms with Crippen molar-refractivity contribution in [2.45, 2.75) is 18.9 Å². The van der Waals surface area contributed by atoms with Crippen LogP contribution in [0.5, 0.6) is 0 Å². The van der Waals surface area contributed by atoms with Gasteiger partial charge in [0.1, 0.15) is 0 Å². The van der Waals surface area contributed by atoms with Crippen LogP contribution in [0.25, 0.3) is 0 Å². The summed E-state index contributed by atoms with van der Waals surface area (Å²) in [5.41, 5.74) is 2.62. The van der Waals surface area contributed by atoms with Crippen LogP contribution in [0.15, 0.2) is 54.6 Å². The van der Waals surface area contributed by atoms with E-state index in [2.05, 4.69) is 22.1 Å². The molecule has 5 rings (SSSR count). The summed E-state index contributed by atoms with van der Waals surface area (Å²) in [5, 5.41) is 3.23. The van der Waals surface area contributed by atoms with E-state index >= 15 is 0 Å². The molecule has 3 heteroatoms. The molecule has 0 radical (unpaired) electrons. The van der Waals surface area contributed by atoms with Crippen LogP contribution in [0.4, 0.5) is 0 Å². The van der Waals surface area contributed by atoms with Crippen molar-refractivity contribution in [3.63, 3.8) is 0 Å². The predicted molar refractivity (Wildman–Crippen MR) is 99.3 cm³/mol. The lowest BCUT2D eigenvalue weighted by molar-refractivity contribution is 0.0620. The summed E-state index contributed by atoms with van der Waals surface area (Å²) in [5.74, 6) is 6.95. The van der Waals surface area contributed by atoms with Gasteiger partial charge in [0.05, 0.1) is 0 Å². The molecule has 1 atom stereocenters. The van der Waals surface area contributed by atoms with Crippen molar-refractivity contribution in [2.24, 2.45) is 5.92 Å². The molecule has 3 saturated heterocycles. The molecule has 1 amide bonds. The van der Waals surface area contributed by atoms with Gasteiger partial charge in [-0.15, -0.1) is 0 Å². The Balaban J connectivity index is 1.40. The number of rotatable bonds is 2. The van der Waals surface area contributed by atoms with E-state index in [9.17, 15) is 4.79 Å². The molecular weight excluding hydrogens is 308 g/mol.